The lowest BCUT2D eigenvalue weighted by atomic mass is 9.80. The second-order valence-corrected chi connectivity index (χ2v) is 8.93. The molecule has 0 aromatic heterocycles. The Morgan fingerprint density at radius 3 is 2.19 bits per heavy atom. The summed E-state index contributed by atoms with van der Waals surface area (Å²) in [7, 11) is 0. The predicted molar refractivity (Wildman–Crippen MR) is 117 cm³/mol. The molecule has 4 N–H and O–H groups in total. The normalized spacial score (nSPS) is 14.7. The van der Waals surface area contributed by atoms with Crippen molar-refractivity contribution in [1.82, 2.24) is 10.6 Å². The number of hydrogen-bond acceptors (Lipinski definition) is 3. The molecular formula is C24H32F2N2O3. The molecule has 3 atom stereocenters. The van der Waals surface area contributed by atoms with Gasteiger partial charge in [-0.1, -0.05) is 52.0 Å². The summed E-state index contributed by atoms with van der Waals surface area (Å²) in [4.78, 5) is 11.4. The van der Waals surface area contributed by atoms with E-state index in [2.05, 4.69) is 23.6 Å². The highest BCUT2D eigenvalue weighted by atomic mass is 19.1. The number of carbonyl (C=O) groups is 1. The summed E-state index contributed by atoms with van der Waals surface area (Å²) in [6, 6.07) is 9.68. The van der Waals surface area contributed by atoms with E-state index in [0.717, 1.165) is 30.2 Å². The maximum Gasteiger partial charge on any atom is 0.404 e. The molecule has 0 saturated heterocycles. The van der Waals surface area contributed by atoms with Gasteiger partial charge in [0.15, 0.2) is 0 Å². The van der Waals surface area contributed by atoms with Gasteiger partial charge in [0.2, 0.25) is 0 Å². The molecule has 0 saturated carbocycles. The van der Waals surface area contributed by atoms with Crippen molar-refractivity contribution in [2.24, 2.45) is 5.41 Å². The number of nitrogens with one attached hydrogen (secondary N) is 2. The fourth-order valence-electron chi connectivity index (χ4n) is 3.76. The molecule has 170 valence electrons. The third-order valence-electron chi connectivity index (χ3n) is 5.30. The molecule has 0 aliphatic rings. The molecule has 0 spiro atoms. The number of amides is 1. The molecule has 2 aromatic rings. The van der Waals surface area contributed by atoms with Gasteiger partial charge in [0.1, 0.15) is 11.6 Å². The minimum Gasteiger partial charge on any atom is -0.465 e. The molecule has 5 nitrogen and oxygen atoms in total. The smallest absolute Gasteiger partial charge is 0.404 e. The number of aliphatic hydroxyl groups excluding tert-OH is 1. The van der Waals surface area contributed by atoms with Crippen LogP contribution in [0.5, 0.6) is 0 Å². The summed E-state index contributed by atoms with van der Waals surface area (Å²) < 4.78 is 27.2. The highest BCUT2D eigenvalue weighted by Crippen LogP contribution is 2.25. The third kappa shape index (κ3) is 7.60. The van der Waals surface area contributed by atoms with Crippen LogP contribution < -0.4 is 10.6 Å². The van der Waals surface area contributed by atoms with Crippen molar-refractivity contribution in [3.8, 4) is 0 Å². The van der Waals surface area contributed by atoms with Gasteiger partial charge in [0.25, 0.3) is 0 Å². The van der Waals surface area contributed by atoms with Crippen molar-refractivity contribution >= 4 is 6.09 Å². The first-order valence-electron chi connectivity index (χ1n) is 10.4. The first-order valence-corrected chi connectivity index (χ1v) is 10.4. The first kappa shape index (κ1) is 24.8. The van der Waals surface area contributed by atoms with Crippen LogP contribution >= 0.6 is 0 Å². The van der Waals surface area contributed by atoms with E-state index in [1.807, 2.05) is 39.0 Å². The van der Waals surface area contributed by atoms with Gasteiger partial charge in [-0.05, 0) is 47.1 Å². The Balaban J connectivity index is 2.24. The second-order valence-electron chi connectivity index (χ2n) is 8.93. The van der Waals surface area contributed by atoms with Crippen molar-refractivity contribution in [2.45, 2.75) is 65.3 Å². The van der Waals surface area contributed by atoms with Gasteiger partial charge in [-0.3, -0.25) is 0 Å². The van der Waals surface area contributed by atoms with Crippen molar-refractivity contribution < 1.29 is 23.8 Å². The number of halogens is 2. The molecule has 0 radical (unpaired) electrons. The Hall–Kier alpha value is -2.51. The molecule has 0 aliphatic carbocycles. The lowest BCUT2D eigenvalue weighted by molar-refractivity contribution is 0.0396. The van der Waals surface area contributed by atoms with Gasteiger partial charge < -0.3 is 20.8 Å². The van der Waals surface area contributed by atoms with Crippen molar-refractivity contribution in [1.29, 1.82) is 0 Å². The lowest BCUT2D eigenvalue weighted by Gasteiger charge is -2.39. The van der Waals surface area contributed by atoms with Crippen LogP contribution in [0.4, 0.5) is 13.6 Å². The van der Waals surface area contributed by atoms with Crippen LogP contribution in [-0.2, 0) is 19.4 Å². The van der Waals surface area contributed by atoms with Gasteiger partial charge in [-0.25, -0.2) is 13.6 Å². The Bertz CT molecular complexity index is 863. The Morgan fingerprint density at radius 1 is 1.03 bits per heavy atom. The van der Waals surface area contributed by atoms with Gasteiger partial charge in [0, 0.05) is 18.7 Å². The SMILES string of the molecule is CCc1cccc(CNC([C@H](O)[C@H](Cc2cc(F)cc(F)c2)NC(=O)O)C(C)(C)C)c1. The van der Waals surface area contributed by atoms with Crippen molar-refractivity contribution in [2.75, 3.05) is 0 Å². The Morgan fingerprint density at radius 2 is 1.65 bits per heavy atom. The zero-order chi connectivity index (χ0) is 23.2. The first-order chi connectivity index (χ1) is 14.5. The summed E-state index contributed by atoms with van der Waals surface area (Å²) in [5.41, 5.74) is 2.09. The highest BCUT2D eigenvalue weighted by Gasteiger charge is 2.36. The van der Waals surface area contributed by atoms with Crippen LogP contribution in [0, 0.1) is 17.0 Å². The van der Waals surface area contributed by atoms with Crippen LogP contribution in [0.15, 0.2) is 42.5 Å². The molecule has 1 unspecified atom stereocenters. The van der Waals surface area contributed by atoms with Gasteiger partial charge in [-0.2, -0.15) is 0 Å². The lowest BCUT2D eigenvalue weighted by Crippen LogP contribution is -2.58. The number of rotatable bonds is 9. The molecule has 0 bridgehead atoms. The van der Waals surface area contributed by atoms with E-state index in [-0.39, 0.29) is 12.0 Å². The van der Waals surface area contributed by atoms with Crippen molar-refractivity contribution in [3.63, 3.8) is 0 Å². The maximum atomic E-state index is 13.6. The fourth-order valence-corrected chi connectivity index (χ4v) is 3.76. The molecule has 31 heavy (non-hydrogen) atoms. The summed E-state index contributed by atoms with van der Waals surface area (Å²) in [6.07, 6.45) is -1.60. The minimum atomic E-state index is -1.32. The van der Waals surface area contributed by atoms with Crippen LogP contribution in [0.3, 0.4) is 0 Å². The zero-order valence-electron chi connectivity index (χ0n) is 18.5. The summed E-state index contributed by atoms with van der Waals surface area (Å²) in [5.74, 6) is -1.50. The molecule has 7 heteroatoms. The quantitative estimate of drug-likeness (QED) is 0.475. The van der Waals surface area contributed by atoms with E-state index in [0.29, 0.717) is 6.54 Å². The molecular weight excluding hydrogens is 402 g/mol. The largest absolute Gasteiger partial charge is 0.465 e. The van der Waals surface area contributed by atoms with Crippen LogP contribution in [0.1, 0.15) is 44.4 Å². The maximum absolute atomic E-state index is 13.6. The standard InChI is InChI=1S/C24H32F2N2O3/c1-5-15-7-6-8-16(9-15)14-27-22(24(2,3)4)21(29)20(28-23(30)31)12-17-10-18(25)13-19(26)11-17/h6-11,13,20-22,27-29H,5,12,14H2,1-4H3,(H,30,31)/t20-,21+,22?/m0/s1. The van der Waals surface area contributed by atoms with Gasteiger partial charge >= 0.3 is 6.09 Å². The monoisotopic (exact) mass is 434 g/mol. The Labute approximate surface area is 182 Å². The number of aliphatic hydroxyl groups is 1. The number of benzene rings is 2. The molecule has 0 fully saturated rings. The van der Waals surface area contributed by atoms with Gasteiger partial charge in [0.05, 0.1) is 12.1 Å². The van der Waals surface area contributed by atoms with E-state index in [4.69, 9.17) is 0 Å². The number of aryl methyl sites for hydroxylation is 1. The van der Waals surface area contributed by atoms with E-state index in [9.17, 15) is 23.8 Å². The molecule has 1 amide bonds. The third-order valence-corrected chi connectivity index (χ3v) is 5.30. The summed E-state index contributed by atoms with van der Waals surface area (Å²) >= 11 is 0. The zero-order valence-corrected chi connectivity index (χ0v) is 18.5. The average Bonchev–Trinajstić information content (AvgIpc) is 2.65. The Kier molecular flexibility index (Phi) is 8.53. The molecule has 0 heterocycles. The number of carboxylic acid groups (broad SMARTS) is 1. The van der Waals surface area contributed by atoms with Crippen LogP contribution in [0.25, 0.3) is 0 Å². The van der Waals surface area contributed by atoms with E-state index in [1.54, 1.807) is 0 Å². The average molecular weight is 435 g/mol. The van der Waals surface area contributed by atoms with Crippen molar-refractivity contribution in [3.05, 3.63) is 70.8 Å². The fraction of sp³-hybridized carbons (Fsp3) is 0.458. The summed E-state index contributed by atoms with van der Waals surface area (Å²) in [6.45, 7) is 8.38. The molecule has 2 aromatic carbocycles. The topological polar surface area (TPSA) is 81.6 Å². The molecule has 2 rings (SSSR count). The van der Waals surface area contributed by atoms with Crippen LogP contribution in [0.2, 0.25) is 0 Å². The van der Waals surface area contributed by atoms with Gasteiger partial charge in [-0.15, -0.1) is 0 Å². The number of hydrogen-bond donors (Lipinski definition) is 4. The highest BCUT2D eigenvalue weighted by molar-refractivity contribution is 5.65. The second kappa shape index (κ2) is 10.7. The predicted octanol–water partition coefficient (Wildman–Crippen LogP) is 4.27. The van der Waals surface area contributed by atoms with Crippen LogP contribution in [-0.4, -0.2) is 34.5 Å². The summed E-state index contributed by atoms with van der Waals surface area (Å²) in [5, 5.41) is 26.1. The minimum absolute atomic E-state index is 0.0538. The van der Waals surface area contributed by atoms with E-state index < -0.39 is 41.3 Å². The molecule has 0 aliphatic heterocycles. The van der Waals surface area contributed by atoms with E-state index >= 15 is 0 Å². The van der Waals surface area contributed by atoms with E-state index in [1.165, 1.54) is 5.56 Å².